The number of para-hydroxylation sites is 1. The molecular weight excluding hydrogens is 311 g/mol. The average Bonchev–Trinajstić information content (AvgIpc) is 3.00. The molecule has 1 aromatic carbocycles. The highest BCUT2D eigenvalue weighted by Crippen LogP contribution is 2.42. The lowest BCUT2D eigenvalue weighted by atomic mass is 10.2. The SMILES string of the molecule is CCO[P@](C)(=O)CC[C@H](C)NCc1nncn1-c1ccccc1. The average molecular weight is 336 g/mol. The van der Waals surface area contributed by atoms with Crippen molar-refractivity contribution in [1.82, 2.24) is 20.1 Å². The summed E-state index contributed by atoms with van der Waals surface area (Å²) in [5.74, 6) is 0.854. The molecule has 0 radical (unpaired) electrons. The zero-order valence-corrected chi connectivity index (χ0v) is 14.9. The van der Waals surface area contributed by atoms with Gasteiger partial charge >= 0.3 is 0 Å². The first-order valence-corrected chi connectivity index (χ1v) is 10.2. The molecule has 0 aliphatic carbocycles. The summed E-state index contributed by atoms with van der Waals surface area (Å²) in [4.78, 5) is 0. The van der Waals surface area contributed by atoms with Gasteiger partial charge in [0.15, 0.2) is 13.2 Å². The standard InChI is InChI=1S/C16H25N4O2P/c1-4-22-23(3,21)11-10-14(2)17-12-16-19-18-13-20(16)15-8-6-5-7-9-15/h5-9,13-14,17H,4,10-12H2,1-3H3/t14-,23-/m0/s1. The Kier molecular flexibility index (Phi) is 6.51. The van der Waals surface area contributed by atoms with Crippen molar-refractivity contribution in [3.8, 4) is 5.69 Å². The molecule has 1 aromatic heterocycles. The Morgan fingerprint density at radius 1 is 1.35 bits per heavy atom. The van der Waals surface area contributed by atoms with Crippen LogP contribution in [0.4, 0.5) is 0 Å². The number of hydrogen-bond acceptors (Lipinski definition) is 5. The molecule has 7 heteroatoms. The van der Waals surface area contributed by atoms with Crippen LogP contribution in [0, 0.1) is 0 Å². The molecule has 2 aromatic rings. The van der Waals surface area contributed by atoms with Crippen LogP contribution in [0.15, 0.2) is 36.7 Å². The lowest BCUT2D eigenvalue weighted by Gasteiger charge is -2.17. The minimum absolute atomic E-state index is 0.227. The highest BCUT2D eigenvalue weighted by atomic mass is 31.2. The summed E-state index contributed by atoms with van der Waals surface area (Å²) in [7, 11) is -2.46. The Bertz CT molecular complexity index is 645. The number of nitrogens with zero attached hydrogens (tertiary/aromatic N) is 3. The molecule has 0 spiro atoms. The van der Waals surface area contributed by atoms with E-state index in [2.05, 4.69) is 22.4 Å². The van der Waals surface area contributed by atoms with Crippen molar-refractivity contribution in [1.29, 1.82) is 0 Å². The molecule has 0 saturated carbocycles. The normalized spacial score (nSPS) is 15.3. The number of rotatable bonds is 9. The van der Waals surface area contributed by atoms with E-state index in [0.717, 1.165) is 17.9 Å². The quantitative estimate of drug-likeness (QED) is 0.713. The van der Waals surface area contributed by atoms with Gasteiger partial charge in [-0.3, -0.25) is 9.13 Å². The van der Waals surface area contributed by atoms with E-state index in [1.807, 2.05) is 41.8 Å². The van der Waals surface area contributed by atoms with Crippen LogP contribution < -0.4 is 5.32 Å². The van der Waals surface area contributed by atoms with Crippen LogP contribution in [-0.4, -0.2) is 40.2 Å². The van der Waals surface area contributed by atoms with Crippen LogP contribution in [0.25, 0.3) is 5.69 Å². The van der Waals surface area contributed by atoms with E-state index in [9.17, 15) is 4.57 Å². The summed E-state index contributed by atoms with van der Waals surface area (Å²) >= 11 is 0. The molecule has 0 amide bonds. The maximum absolute atomic E-state index is 12.1. The smallest absolute Gasteiger partial charge is 0.200 e. The molecule has 6 nitrogen and oxygen atoms in total. The Hall–Kier alpha value is -1.49. The van der Waals surface area contributed by atoms with Gasteiger partial charge in [0.05, 0.1) is 13.2 Å². The van der Waals surface area contributed by atoms with Crippen molar-refractivity contribution < 1.29 is 9.09 Å². The topological polar surface area (TPSA) is 69.0 Å². The molecule has 0 aliphatic heterocycles. The highest BCUT2D eigenvalue weighted by Gasteiger charge is 2.17. The predicted molar refractivity (Wildman–Crippen MR) is 92.3 cm³/mol. The fraction of sp³-hybridized carbons (Fsp3) is 0.500. The Morgan fingerprint density at radius 2 is 2.09 bits per heavy atom. The van der Waals surface area contributed by atoms with Crippen LogP contribution in [-0.2, 0) is 15.6 Å². The second-order valence-corrected chi connectivity index (χ2v) is 8.41. The van der Waals surface area contributed by atoms with Crippen molar-refractivity contribution >= 4 is 7.37 Å². The van der Waals surface area contributed by atoms with Gasteiger partial charge in [-0.05, 0) is 32.4 Å². The van der Waals surface area contributed by atoms with Crippen LogP contribution >= 0.6 is 7.37 Å². The van der Waals surface area contributed by atoms with Gasteiger partial charge in [0, 0.05) is 24.6 Å². The minimum atomic E-state index is -2.46. The lowest BCUT2D eigenvalue weighted by molar-refractivity contribution is 0.334. The lowest BCUT2D eigenvalue weighted by Crippen LogP contribution is -2.27. The van der Waals surface area contributed by atoms with Crippen molar-refractivity contribution in [2.75, 3.05) is 19.4 Å². The van der Waals surface area contributed by atoms with E-state index < -0.39 is 7.37 Å². The fourth-order valence-electron chi connectivity index (χ4n) is 2.32. The van der Waals surface area contributed by atoms with Crippen LogP contribution in [0.3, 0.4) is 0 Å². The largest absolute Gasteiger partial charge is 0.329 e. The first-order chi connectivity index (χ1) is 11.0. The van der Waals surface area contributed by atoms with E-state index in [0.29, 0.717) is 19.3 Å². The van der Waals surface area contributed by atoms with Crippen LogP contribution in [0.2, 0.25) is 0 Å². The number of nitrogens with one attached hydrogen (secondary N) is 1. The summed E-state index contributed by atoms with van der Waals surface area (Å²) in [6.45, 7) is 6.76. The zero-order chi connectivity index (χ0) is 16.7. The first kappa shape index (κ1) is 17.9. The summed E-state index contributed by atoms with van der Waals surface area (Å²) in [6.07, 6.45) is 3.10. The van der Waals surface area contributed by atoms with E-state index >= 15 is 0 Å². The van der Waals surface area contributed by atoms with Crippen LogP contribution in [0.1, 0.15) is 26.1 Å². The third-order valence-corrected chi connectivity index (χ3v) is 5.51. The predicted octanol–water partition coefficient (Wildman–Crippen LogP) is 3.08. The third-order valence-electron chi connectivity index (χ3n) is 3.63. The number of aromatic nitrogens is 3. The van der Waals surface area contributed by atoms with E-state index in [4.69, 9.17) is 4.52 Å². The van der Waals surface area contributed by atoms with Gasteiger partial charge in [0.2, 0.25) is 0 Å². The number of hydrogen-bond donors (Lipinski definition) is 1. The molecular formula is C16H25N4O2P. The number of benzene rings is 1. The fourth-order valence-corrected chi connectivity index (χ4v) is 3.85. The maximum Gasteiger partial charge on any atom is 0.200 e. The first-order valence-electron chi connectivity index (χ1n) is 7.90. The van der Waals surface area contributed by atoms with Gasteiger partial charge in [-0.1, -0.05) is 18.2 Å². The van der Waals surface area contributed by atoms with Crippen molar-refractivity contribution in [3.63, 3.8) is 0 Å². The molecule has 0 aliphatic rings. The van der Waals surface area contributed by atoms with E-state index in [-0.39, 0.29) is 6.04 Å². The minimum Gasteiger partial charge on any atom is -0.329 e. The molecule has 0 bridgehead atoms. The molecule has 0 fully saturated rings. The van der Waals surface area contributed by atoms with Gasteiger partial charge in [-0.15, -0.1) is 10.2 Å². The van der Waals surface area contributed by atoms with Gasteiger partial charge < -0.3 is 9.84 Å². The van der Waals surface area contributed by atoms with E-state index in [1.165, 1.54) is 0 Å². The summed E-state index contributed by atoms with van der Waals surface area (Å²) in [6, 6.07) is 10.2. The summed E-state index contributed by atoms with van der Waals surface area (Å²) in [5, 5.41) is 11.6. The Morgan fingerprint density at radius 3 is 2.78 bits per heavy atom. The Labute approximate surface area is 137 Å². The monoisotopic (exact) mass is 336 g/mol. The third kappa shape index (κ3) is 5.57. The highest BCUT2D eigenvalue weighted by molar-refractivity contribution is 7.58. The van der Waals surface area contributed by atoms with Gasteiger partial charge in [-0.25, -0.2) is 0 Å². The second kappa shape index (κ2) is 8.39. The summed E-state index contributed by atoms with van der Waals surface area (Å²) in [5.41, 5.74) is 1.04. The summed E-state index contributed by atoms with van der Waals surface area (Å²) < 4.78 is 19.4. The molecule has 2 rings (SSSR count). The van der Waals surface area contributed by atoms with Crippen molar-refractivity contribution in [3.05, 3.63) is 42.5 Å². The van der Waals surface area contributed by atoms with Crippen molar-refractivity contribution in [2.45, 2.75) is 32.9 Å². The van der Waals surface area contributed by atoms with Crippen LogP contribution in [0.5, 0.6) is 0 Å². The Balaban J connectivity index is 1.87. The molecule has 1 heterocycles. The van der Waals surface area contributed by atoms with Crippen molar-refractivity contribution in [2.24, 2.45) is 0 Å². The second-order valence-electron chi connectivity index (χ2n) is 5.68. The van der Waals surface area contributed by atoms with Gasteiger partial charge in [0.1, 0.15) is 6.33 Å². The molecule has 0 saturated heterocycles. The van der Waals surface area contributed by atoms with Gasteiger partial charge in [-0.2, -0.15) is 0 Å². The zero-order valence-electron chi connectivity index (χ0n) is 14.0. The molecule has 23 heavy (non-hydrogen) atoms. The van der Waals surface area contributed by atoms with E-state index in [1.54, 1.807) is 13.0 Å². The maximum atomic E-state index is 12.1. The molecule has 126 valence electrons. The molecule has 2 atom stereocenters. The van der Waals surface area contributed by atoms with Gasteiger partial charge in [0.25, 0.3) is 0 Å². The molecule has 1 N–H and O–H groups in total. The molecule has 0 unspecified atom stereocenters.